The first-order valence-electron chi connectivity index (χ1n) is 9.91. The van der Waals surface area contributed by atoms with Crippen molar-refractivity contribution >= 4 is 23.1 Å². The number of likely N-dealkylation sites (tertiary alicyclic amines) is 1. The lowest BCUT2D eigenvalue weighted by atomic mass is 9.79. The van der Waals surface area contributed by atoms with Crippen LogP contribution in [0, 0.1) is 12.7 Å². The first-order valence-corrected chi connectivity index (χ1v) is 10.8. The van der Waals surface area contributed by atoms with Crippen LogP contribution < -0.4 is 14.8 Å². The van der Waals surface area contributed by atoms with Gasteiger partial charge in [-0.2, -0.15) is 0 Å². The highest BCUT2D eigenvalue weighted by Crippen LogP contribution is 2.43. The van der Waals surface area contributed by atoms with E-state index < -0.39 is 5.41 Å². The number of aryl methyl sites for hydroxylation is 1. The Morgan fingerprint density at radius 2 is 2.06 bits per heavy atom. The van der Waals surface area contributed by atoms with Crippen LogP contribution in [0.1, 0.15) is 22.6 Å². The lowest BCUT2D eigenvalue weighted by Crippen LogP contribution is -2.38. The van der Waals surface area contributed by atoms with Crippen molar-refractivity contribution in [2.45, 2.75) is 18.8 Å². The fourth-order valence-corrected chi connectivity index (χ4v) is 4.94. The number of hydrogen-bond donors (Lipinski definition) is 1. The number of anilines is 1. The Bertz CT molecular complexity index is 1090. The lowest BCUT2D eigenvalue weighted by Gasteiger charge is -2.28. The molecule has 2 aromatic carbocycles. The van der Waals surface area contributed by atoms with Gasteiger partial charge in [-0.05, 0) is 37.1 Å². The molecule has 0 saturated carbocycles. The normalized spacial score (nSPS) is 18.1. The van der Waals surface area contributed by atoms with Gasteiger partial charge in [0.2, 0.25) is 0 Å². The van der Waals surface area contributed by atoms with Gasteiger partial charge in [-0.1, -0.05) is 12.1 Å². The van der Waals surface area contributed by atoms with E-state index in [-0.39, 0.29) is 11.8 Å². The average Bonchev–Trinajstić information content (AvgIpc) is 3.44. The number of rotatable bonds is 5. The van der Waals surface area contributed by atoms with Crippen LogP contribution in [-0.2, 0) is 5.41 Å². The van der Waals surface area contributed by atoms with Crippen molar-refractivity contribution in [3.05, 3.63) is 69.9 Å². The number of hydrogen-bond acceptors (Lipinski definition) is 5. The van der Waals surface area contributed by atoms with Gasteiger partial charge in [0.05, 0.1) is 25.3 Å². The highest BCUT2D eigenvalue weighted by Gasteiger charge is 2.46. The SMILES string of the molecule is COc1ccc(OC)c(NC(=O)N2CC[C@@](c3nccs3)(c3ccc(C)cc3F)C2)c1. The van der Waals surface area contributed by atoms with E-state index in [4.69, 9.17) is 9.47 Å². The predicted molar refractivity (Wildman–Crippen MR) is 119 cm³/mol. The summed E-state index contributed by atoms with van der Waals surface area (Å²) < 4.78 is 25.6. The molecule has 0 radical (unpaired) electrons. The van der Waals surface area contributed by atoms with Crippen LogP contribution in [0.2, 0.25) is 0 Å². The molecule has 1 saturated heterocycles. The summed E-state index contributed by atoms with van der Waals surface area (Å²) in [6, 6.07) is 10.2. The number of ether oxygens (including phenoxy) is 2. The molecule has 0 aliphatic carbocycles. The minimum atomic E-state index is -0.679. The Hall–Kier alpha value is -3.13. The highest BCUT2D eigenvalue weighted by atomic mass is 32.1. The van der Waals surface area contributed by atoms with Crippen molar-refractivity contribution in [2.24, 2.45) is 0 Å². The van der Waals surface area contributed by atoms with Gasteiger partial charge in [-0.15, -0.1) is 11.3 Å². The van der Waals surface area contributed by atoms with Crippen LogP contribution in [0.25, 0.3) is 0 Å². The summed E-state index contributed by atoms with van der Waals surface area (Å²) in [6.45, 7) is 2.67. The molecule has 1 aliphatic rings. The monoisotopic (exact) mass is 441 g/mol. The molecule has 1 atom stereocenters. The van der Waals surface area contributed by atoms with Crippen LogP contribution in [0.15, 0.2) is 48.0 Å². The zero-order chi connectivity index (χ0) is 22.0. The molecule has 1 aliphatic heterocycles. The van der Waals surface area contributed by atoms with Crippen molar-refractivity contribution in [3.8, 4) is 11.5 Å². The average molecular weight is 442 g/mol. The number of urea groups is 1. The summed E-state index contributed by atoms with van der Waals surface area (Å²) in [5, 5.41) is 5.60. The van der Waals surface area contributed by atoms with Crippen molar-refractivity contribution in [3.63, 3.8) is 0 Å². The summed E-state index contributed by atoms with van der Waals surface area (Å²) >= 11 is 1.48. The van der Waals surface area contributed by atoms with E-state index >= 15 is 4.39 Å². The summed E-state index contributed by atoms with van der Waals surface area (Å²) in [6.07, 6.45) is 2.31. The van der Waals surface area contributed by atoms with E-state index in [0.717, 1.165) is 10.6 Å². The van der Waals surface area contributed by atoms with Gasteiger partial charge < -0.3 is 19.7 Å². The predicted octanol–water partition coefficient (Wildman–Crippen LogP) is 4.83. The summed E-state index contributed by atoms with van der Waals surface area (Å²) in [5.41, 5.74) is 1.26. The number of carbonyl (C=O) groups is 1. The number of halogens is 1. The Balaban J connectivity index is 1.63. The molecule has 2 heterocycles. The summed E-state index contributed by atoms with van der Waals surface area (Å²) in [4.78, 5) is 19.3. The fraction of sp³-hybridized carbons (Fsp3) is 0.304. The van der Waals surface area contributed by atoms with Gasteiger partial charge in [0.25, 0.3) is 0 Å². The first-order chi connectivity index (χ1) is 15.0. The molecule has 1 fully saturated rings. The van der Waals surface area contributed by atoms with E-state index in [1.54, 1.807) is 43.5 Å². The van der Waals surface area contributed by atoms with E-state index in [0.29, 0.717) is 42.3 Å². The second-order valence-electron chi connectivity index (χ2n) is 7.57. The molecule has 4 rings (SSSR count). The number of aromatic nitrogens is 1. The Morgan fingerprint density at radius 1 is 1.23 bits per heavy atom. The number of amides is 2. The Labute approximate surface area is 184 Å². The van der Waals surface area contributed by atoms with Gasteiger partial charge >= 0.3 is 6.03 Å². The van der Waals surface area contributed by atoms with E-state index in [9.17, 15) is 4.79 Å². The third kappa shape index (κ3) is 3.95. The van der Waals surface area contributed by atoms with Crippen LogP contribution in [0.5, 0.6) is 11.5 Å². The van der Waals surface area contributed by atoms with Gasteiger partial charge in [0.15, 0.2) is 0 Å². The molecular formula is C23H24FN3O3S. The second-order valence-corrected chi connectivity index (χ2v) is 8.47. The van der Waals surface area contributed by atoms with Crippen LogP contribution in [-0.4, -0.2) is 43.2 Å². The summed E-state index contributed by atoms with van der Waals surface area (Å²) in [7, 11) is 3.10. The van der Waals surface area contributed by atoms with Gasteiger partial charge in [0.1, 0.15) is 22.3 Å². The number of thiazole rings is 1. The number of nitrogens with zero attached hydrogens (tertiary/aromatic N) is 2. The third-order valence-electron chi connectivity index (χ3n) is 5.69. The lowest BCUT2D eigenvalue weighted by molar-refractivity contribution is 0.220. The van der Waals surface area contributed by atoms with Crippen molar-refractivity contribution < 1.29 is 18.7 Å². The minimum absolute atomic E-state index is 0.271. The number of methoxy groups -OCH3 is 2. The molecule has 8 heteroatoms. The molecule has 2 amide bonds. The molecule has 1 aromatic heterocycles. The molecular weight excluding hydrogens is 417 g/mol. The van der Waals surface area contributed by atoms with E-state index in [1.165, 1.54) is 17.4 Å². The van der Waals surface area contributed by atoms with Crippen LogP contribution >= 0.6 is 11.3 Å². The maximum absolute atomic E-state index is 15.0. The molecule has 0 spiro atoms. The molecule has 1 N–H and O–H groups in total. The quantitative estimate of drug-likeness (QED) is 0.616. The van der Waals surface area contributed by atoms with E-state index in [2.05, 4.69) is 10.3 Å². The maximum atomic E-state index is 15.0. The number of nitrogens with one attached hydrogen (secondary N) is 1. The standard InChI is InChI=1S/C23H24FN3O3S/c1-15-4-6-17(18(24)12-15)23(21-25-9-11-31-21)8-10-27(14-23)22(28)26-19-13-16(29-2)5-7-20(19)30-3/h4-7,9,11-13H,8,10,14H2,1-3H3,(H,26,28)/t23-/m0/s1. The van der Waals surface area contributed by atoms with Gasteiger partial charge in [0, 0.05) is 36.3 Å². The zero-order valence-electron chi connectivity index (χ0n) is 17.6. The van der Waals surface area contributed by atoms with Gasteiger partial charge in [-0.25, -0.2) is 14.2 Å². The minimum Gasteiger partial charge on any atom is -0.497 e. The molecule has 0 unspecified atom stereocenters. The maximum Gasteiger partial charge on any atom is 0.321 e. The van der Waals surface area contributed by atoms with Crippen molar-refractivity contribution in [1.82, 2.24) is 9.88 Å². The fourth-order valence-electron chi connectivity index (χ4n) is 4.07. The Kier molecular flexibility index (Phi) is 5.82. The van der Waals surface area contributed by atoms with Crippen LogP contribution in [0.4, 0.5) is 14.9 Å². The molecule has 3 aromatic rings. The number of carbonyl (C=O) groups excluding carboxylic acids is 1. The zero-order valence-corrected chi connectivity index (χ0v) is 18.5. The smallest absolute Gasteiger partial charge is 0.321 e. The Morgan fingerprint density at radius 3 is 2.74 bits per heavy atom. The van der Waals surface area contributed by atoms with E-state index in [1.807, 2.05) is 24.4 Å². The molecule has 31 heavy (non-hydrogen) atoms. The van der Waals surface area contributed by atoms with Crippen molar-refractivity contribution in [2.75, 3.05) is 32.6 Å². The topological polar surface area (TPSA) is 63.7 Å². The summed E-state index contributed by atoms with van der Waals surface area (Å²) in [5.74, 6) is 0.868. The largest absolute Gasteiger partial charge is 0.497 e. The first kappa shape index (κ1) is 21.1. The van der Waals surface area contributed by atoms with Crippen LogP contribution in [0.3, 0.4) is 0 Å². The molecule has 162 valence electrons. The highest BCUT2D eigenvalue weighted by molar-refractivity contribution is 7.09. The third-order valence-corrected chi connectivity index (χ3v) is 6.66. The number of benzene rings is 2. The van der Waals surface area contributed by atoms with Crippen molar-refractivity contribution in [1.29, 1.82) is 0 Å². The molecule has 0 bridgehead atoms. The second kappa shape index (κ2) is 8.55. The molecule has 6 nitrogen and oxygen atoms in total. The van der Waals surface area contributed by atoms with Gasteiger partial charge in [-0.3, -0.25) is 0 Å².